The Morgan fingerprint density at radius 1 is 1.62 bits per heavy atom. The molecule has 0 saturated heterocycles. The van der Waals surface area contributed by atoms with Crippen molar-refractivity contribution in [1.82, 2.24) is 14.7 Å². The van der Waals surface area contributed by atoms with Crippen molar-refractivity contribution in [2.24, 2.45) is 5.92 Å². The van der Waals surface area contributed by atoms with Gasteiger partial charge in [0.2, 0.25) is 0 Å². The molecule has 16 heavy (non-hydrogen) atoms. The zero-order chi connectivity index (χ0) is 12.4. The number of nitrogens with one attached hydrogen (secondary N) is 2. The number of aromatic amines is 1. The minimum atomic E-state index is -3.61. The summed E-state index contributed by atoms with van der Waals surface area (Å²) in [6, 6.07) is 0. The second-order valence-electron chi connectivity index (χ2n) is 4.25. The van der Waals surface area contributed by atoms with Crippen LogP contribution in [0.15, 0.2) is 17.6 Å². The Morgan fingerprint density at radius 2 is 2.25 bits per heavy atom. The van der Waals surface area contributed by atoms with Crippen LogP contribution in [0, 0.1) is 5.92 Å². The number of aromatic nitrogens is 2. The summed E-state index contributed by atoms with van der Waals surface area (Å²) >= 11 is 0. The molecule has 0 spiro atoms. The summed E-state index contributed by atoms with van der Waals surface area (Å²) in [5, 5.41) is 9.89. The van der Waals surface area contributed by atoms with Crippen molar-refractivity contribution in [3.63, 3.8) is 0 Å². The number of imidazole rings is 1. The quantitative estimate of drug-likeness (QED) is 0.687. The van der Waals surface area contributed by atoms with E-state index in [-0.39, 0.29) is 17.5 Å². The van der Waals surface area contributed by atoms with Crippen LogP contribution < -0.4 is 4.72 Å². The fraction of sp³-hybridized carbons (Fsp3) is 0.667. The lowest BCUT2D eigenvalue weighted by Crippen LogP contribution is -2.44. The Kier molecular flexibility index (Phi) is 3.72. The van der Waals surface area contributed by atoms with Gasteiger partial charge in [-0.15, -0.1) is 0 Å². The molecule has 0 bridgehead atoms. The third kappa shape index (κ3) is 3.03. The third-order valence-electron chi connectivity index (χ3n) is 2.63. The molecular weight excluding hydrogens is 230 g/mol. The summed E-state index contributed by atoms with van der Waals surface area (Å²) in [7, 11) is -3.61. The van der Waals surface area contributed by atoms with Gasteiger partial charge in [-0.1, -0.05) is 13.8 Å². The molecule has 92 valence electrons. The lowest BCUT2D eigenvalue weighted by atomic mass is 9.93. The molecule has 1 heterocycles. The zero-order valence-corrected chi connectivity index (χ0v) is 10.4. The molecule has 0 aliphatic heterocycles. The highest BCUT2D eigenvalue weighted by Crippen LogP contribution is 2.15. The minimum Gasteiger partial charge on any atom is -0.389 e. The summed E-state index contributed by atoms with van der Waals surface area (Å²) in [5.41, 5.74) is -1.08. The van der Waals surface area contributed by atoms with E-state index >= 15 is 0 Å². The Morgan fingerprint density at radius 3 is 2.69 bits per heavy atom. The van der Waals surface area contributed by atoms with Gasteiger partial charge in [0.15, 0.2) is 5.03 Å². The highest BCUT2D eigenvalue weighted by Gasteiger charge is 2.27. The van der Waals surface area contributed by atoms with Gasteiger partial charge in [-0.05, 0) is 12.8 Å². The largest absolute Gasteiger partial charge is 0.389 e. The van der Waals surface area contributed by atoms with Crippen molar-refractivity contribution >= 4 is 10.0 Å². The Hall–Kier alpha value is -0.920. The van der Waals surface area contributed by atoms with Crippen LogP contribution in [-0.2, 0) is 10.0 Å². The van der Waals surface area contributed by atoms with Crippen molar-refractivity contribution in [3.8, 4) is 0 Å². The van der Waals surface area contributed by atoms with Crippen molar-refractivity contribution in [1.29, 1.82) is 0 Å². The van der Waals surface area contributed by atoms with Gasteiger partial charge in [0.05, 0.1) is 18.1 Å². The van der Waals surface area contributed by atoms with Crippen molar-refractivity contribution in [3.05, 3.63) is 12.5 Å². The predicted octanol–water partition coefficient (Wildman–Crippen LogP) is 0.0950. The molecule has 0 saturated carbocycles. The van der Waals surface area contributed by atoms with Gasteiger partial charge in [-0.25, -0.2) is 18.1 Å². The van der Waals surface area contributed by atoms with Crippen LogP contribution in [0.1, 0.15) is 20.8 Å². The number of H-pyrrole nitrogens is 1. The number of rotatable bonds is 5. The molecule has 1 unspecified atom stereocenters. The second-order valence-corrected chi connectivity index (χ2v) is 5.99. The molecule has 3 N–H and O–H groups in total. The minimum absolute atomic E-state index is 0.00736. The molecule has 7 heteroatoms. The SMILES string of the molecule is CC(C)C(C)(O)CNS(=O)(=O)c1cnc[nH]1. The van der Waals surface area contributed by atoms with E-state index in [0.717, 1.165) is 0 Å². The van der Waals surface area contributed by atoms with E-state index < -0.39 is 15.6 Å². The Labute approximate surface area is 95.2 Å². The molecule has 0 aliphatic rings. The lowest BCUT2D eigenvalue weighted by Gasteiger charge is -2.27. The number of hydrogen-bond donors (Lipinski definition) is 3. The normalized spacial score (nSPS) is 16.3. The van der Waals surface area contributed by atoms with E-state index in [4.69, 9.17) is 0 Å². The maximum Gasteiger partial charge on any atom is 0.257 e. The van der Waals surface area contributed by atoms with Gasteiger partial charge in [0, 0.05) is 6.54 Å². The van der Waals surface area contributed by atoms with Gasteiger partial charge < -0.3 is 10.1 Å². The van der Waals surface area contributed by atoms with E-state index in [0.29, 0.717) is 0 Å². The molecular formula is C9H17N3O3S. The van der Waals surface area contributed by atoms with Crippen LogP contribution in [0.5, 0.6) is 0 Å². The molecule has 0 aromatic carbocycles. The maximum atomic E-state index is 11.7. The standard InChI is InChI=1S/C9H17N3O3S/c1-7(2)9(3,13)5-12-16(14,15)8-4-10-6-11-8/h4,6-7,12-13H,5H2,1-3H3,(H,10,11). The molecule has 0 aliphatic carbocycles. The number of nitrogens with zero attached hydrogens (tertiary/aromatic N) is 1. The highest BCUT2D eigenvalue weighted by atomic mass is 32.2. The molecule has 1 aromatic rings. The van der Waals surface area contributed by atoms with Gasteiger partial charge >= 0.3 is 0 Å². The summed E-state index contributed by atoms with van der Waals surface area (Å²) in [4.78, 5) is 6.13. The first-order valence-electron chi connectivity index (χ1n) is 4.96. The van der Waals surface area contributed by atoms with Crippen molar-refractivity contribution < 1.29 is 13.5 Å². The smallest absolute Gasteiger partial charge is 0.257 e. The second kappa shape index (κ2) is 4.52. The average molecular weight is 247 g/mol. The van der Waals surface area contributed by atoms with E-state index in [1.54, 1.807) is 6.92 Å². The van der Waals surface area contributed by atoms with Crippen LogP contribution in [0.25, 0.3) is 0 Å². The summed E-state index contributed by atoms with van der Waals surface area (Å²) in [6.07, 6.45) is 2.50. The van der Waals surface area contributed by atoms with Gasteiger partial charge in [-0.2, -0.15) is 0 Å². The van der Waals surface area contributed by atoms with E-state index in [1.807, 2.05) is 13.8 Å². The molecule has 0 amide bonds. The molecule has 6 nitrogen and oxygen atoms in total. The number of sulfonamides is 1. The maximum absolute atomic E-state index is 11.7. The predicted molar refractivity (Wildman–Crippen MR) is 59.2 cm³/mol. The van der Waals surface area contributed by atoms with Crippen LogP contribution in [0.4, 0.5) is 0 Å². The number of aliphatic hydroxyl groups is 1. The fourth-order valence-electron chi connectivity index (χ4n) is 0.913. The number of hydrogen-bond acceptors (Lipinski definition) is 4. The molecule has 1 rings (SSSR count). The zero-order valence-electron chi connectivity index (χ0n) is 9.56. The van der Waals surface area contributed by atoms with Crippen molar-refractivity contribution in [2.45, 2.75) is 31.4 Å². The average Bonchev–Trinajstić information content (AvgIpc) is 2.68. The highest BCUT2D eigenvalue weighted by molar-refractivity contribution is 7.89. The fourth-order valence-corrected chi connectivity index (χ4v) is 1.96. The van der Waals surface area contributed by atoms with Crippen LogP contribution in [0.2, 0.25) is 0 Å². The Bertz CT molecular complexity index is 423. The lowest BCUT2D eigenvalue weighted by molar-refractivity contribution is 0.0190. The van der Waals surface area contributed by atoms with Gasteiger partial charge in [0.1, 0.15) is 0 Å². The summed E-state index contributed by atoms with van der Waals surface area (Å²) < 4.78 is 25.7. The van der Waals surface area contributed by atoms with Crippen molar-refractivity contribution in [2.75, 3.05) is 6.54 Å². The summed E-state index contributed by atoms with van der Waals surface area (Å²) in [5.74, 6) is -0.0445. The first-order chi connectivity index (χ1) is 7.26. The first kappa shape index (κ1) is 13.1. The topological polar surface area (TPSA) is 95.1 Å². The molecule has 0 fully saturated rings. The van der Waals surface area contributed by atoms with Crippen LogP contribution in [-0.4, -0.2) is 35.6 Å². The van der Waals surface area contributed by atoms with E-state index in [9.17, 15) is 13.5 Å². The first-order valence-corrected chi connectivity index (χ1v) is 6.44. The van der Waals surface area contributed by atoms with Crippen LogP contribution in [0.3, 0.4) is 0 Å². The molecule has 0 radical (unpaired) electrons. The summed E-state index contributed by atoms with van der Waals surface area (Å²) in [6.45, 7) is 5.20. The Balaban J connectivity index is 2.70. The van der Waals surface area contributed by atoms with E-state index in [2.05, 4.69) is 14.7 Å². The van der Waals surface area contributed by atoms with Gasteiger partial charge in [-0.3, -0.25) is 0 Å². The molecule has 1 aromatic heterocycles. The van der Waals surface area contributed by atoms with Gasteiger partial charge in [0.25, 0.3) is 10.0 Å². The molecule has 1 atom stereocenters. The van der Waals surface area contributed by atoms with Crippen LogP contribution >= 0.6 is 0 Å². The monoisotopic (exact) mass is 247 g/mol. The van der Waals surface area contributed by atoms with E-state index in [1.165, 1.54) is 12.5 Å². The third-order valence-corrected chi connectivity index (χ3v) is 3.95.